The molecule has 0 N–H and O–H groups in total. The molecule has 0 aromatic heterocycles. The van der Waals surface area contributed by atoms with Crippen LogP contribution in [0.25, 0.3) is 0 Å². The number of rotatable bonds is 3. The average molecular weight is 441 g/mol. The van der Waals surface area contributed by atoms with Gasteiger partial charge in [0.2, 0.25) is 10.0 Å². The van der Waals surface area contributed by atoms with E-state index in [1.165, 1.54) is 39.3 Å². The summed E-state index contributed by atoms with van der Waals surface area (Å²) in [6, 6.07) is 10.9. The second kappa shape index (κ2) is 7.84. The number of ether oxygens (including phenoxy) is 1. The van der Waals surface area contributed by atoms with Crippen molar-refractivity contribution in [3.63, 3.8) is 0 Å². The zero-order valence-electron chi connectivity index (χ0n) is 15.6. The largest absolute Gasteiger partial charge is 0.356 e. The van der Waals surface area contributed by atoms with Crippen LogP contribution in [-0.2, 0) is 21.4 Å². The quantitative estimate of drug-likeness (QED) is 0.707. The monoisotopic (exact) mass is 440 g/mol. The molecule has 150 valence electrons. The summed E-state index contributed by atoms with van der Waals surface area (Å²) in [6.45, 7) is 4.18. The van der Waals surface area contributed by atoms with Gasteiger partial charge < -0.3 is 9.64 Å². The summed E-state index contributed by atoms with van der Waals surface area (Å²) in [6.07, 6.45) is 1.48. The lowest BCUT2D eigenvalue weighted by atomic mass is 10.00. The van der Waals surface area contributed by atoms with Crippen LogP contribution in [0.2, 0.25) is 10.0 Å². The molecule has 0 atom stereocenters. The smallest absolute Gasteiger partial charge is 0.243 e. The Morgan fingerprint density at radius 3 is 2.43 bits per heavy atom. The van der Waals surface area contributed by atoms with Gasteiger partial charge in [0.15, 0.2) is 0 Å². The van der Waals surface area contributed by atoms with Crippen LogP contribution in [0.5, 0.6) is 0 Å². The summed E-state index contributed by atoms with van der Waals surface area (Å²) in [4.78, 5) is 2.43. The van der Waals surface area contributed by atoms with Gasteiger partial charge in [-0.15, -0.1) is 0 Å². The van der Waals surface area contributed by atoms with Crippen molar-refractivity contribution in [2.45, 2.75) is 37.3 Å². The minimum absolute atomic E-state index is 0.144. The summed E-state index contributed by atoms with van der Waals surface area (Å²) in [5.74, 6) is 0. The van der Waals surface area contributed by atoms with Gasteiger partial charge in [0.05, 0.1) is 11.5 Å². The van der Waals surface area contributed by atoms with Crippen LogP contribution < -0.4 is 4.90 Å². The Hall–Kier alpha value is -1.31. The van der Waals surface area contributed by atoms with Gasteiger partial charge in [-0.2, -0.15) is 4.31 Å². The van der Waals surface area contributed by atoms with E-state index in [2.05, 4.69) is 24.0 Å². The van der Waals surface area contributed by atoms with E-state index in [4.69, 9.17) is 27.9 Å². The molecule has 2 aromatic rings. The van der Waals surface area contributed by atoms with Gasteiger partial charge in [-0.1, -0.05) is 41.4 Å². The minimum Gasteiger partial charge on any atom is -0.356 e. The Morgan fingerprint density at radius 1 is 1.07 bits per heavy atom. The van der Waals surface area contributed by atoms with Gasteiger partial charge in [0.1, 0.15) is 6.73 Å². The first-order valence-electron chi connectivity index (χ1n) is 9.25. The zero-order chi connectivity index (χ0) is 19.9. The van der Waals surface area contributed by atoms with Crippen molar-refractivity contribution in [1.29, 1.82) is 0 Å². The third kappa shape index (κ3) is 3.76. The van der Waals surface area contributed by atoms with Crippen molar-refractivity contribution in [3.05, 3.63) is 57.6 Å². The van der Waals surface area contributed by atoms with Crippen LogP contribution >= 0.6 is 23.2 Å². The molecule has 1 saturated heterocycles. The van der Waals surface area contributed by atoms with Crippen LogP contribution in [0.15, 0.2) is 41.3 Å². The zero-order valence-corrected chi connectivity index (χ0v) is 17.9. The Bertz CT molecular complexity index is 969. The van der Waals surface area contributed by atoms with E-state index in [0.29, 0.717) is 36.5 Å². The van der Waals surface area contributed by atoms with Gasteiger partial charge in [0, 0.05) is 40.4 Å². The number of sulfonamides is 1. The lowest BCUT2D eigenvalue weighted by molar-refractivity contribution is 0.0986. The number of aryl methyl sites for hydroxylation is 1. The maximum atomic E-state index is 13.0. The summed E-state index contributed by atoms with van der Waals surface area (Å²) in [5, 5.41) is 0.636. The normalized spacial score (nSPS) is 18.9. The molecular weight excluding hydrogens is 419 g/mol. The second-order valence-electron chi connectivity index (χ2n) is 7.27. The molecule has 0 aliphatic carbocycles. The number of fused-ring (bicyclic) bond motifs is 1. The lowest BCUT2D eigenvalue weighted by Gasteiger charge is -2.42. The molecule has 0 saturated carbocycles. The molecule has 0 unspecified atom stereocenters. The molecule has 2 heterocycles. The first-order chi connectivity index (χ1) is 13.4. The molecule has 0 bridgehead atoms. The van der Waals surface area contributed by atoms with E-state index in [-0.39, 0.29) is 10.9 Å². The van der Waals surface area contributed by atoms with E-state index in [1.807, 2.05) is 6.07 Å². The highest BCUT2D eigenvalue weighted by Crippen LogP contribution is 2.34. The van der Waals surface area contributed by atoms with Crippen molar-refractivity contribution in [2.24, 2.45) is 0 Å². The van der Waals surface area contributed by atoms with Crippen molar-refractivity contribution in [2.75, 3.05) is 24.7 Å². The Morgan fingerprint density at radius 2 is 1.75 bits per heavy atom. The number of halogens is 2. The predicted octanol–water partition coefficient (Wildman–Crippen LogP) is 4.45. The van der Waals surface area contributed by atoms with Crippen LogP contribution in [-0.4, -0.2) is 38.6 Å². The van der Waals surface area contributed by atoms with Gasteiger partial charge in [-0.3, -0.25) is 0 Å². The molecule has 8 heteroatoms. The summed E-state index contributed by atoms with van der Waals surface area (Å²) >= 11 is 12.0. The number of anilines is 1. The second-order valence-corrected chi connectivity index (χ2v) is 10.1. The van der Waals surface area contributed by atoms with Crippen LogP contribution in [0, 0.1) is 6.92 Å². The Kier molecular flexibility index (Phi) is 5.60. The molecule has 1 fully saturated rings. The SMILES string of the molecule is Cc1cccc2c1N(C1CCN(S(=O)(=O)c3cc(Cl)cc(Cl)c3)CC1)COC2. The van der Waals surface area contributed by atoms with Gasteiger partial charge >= 0.3 is 0 Å². The topological polar surface area (TPSA) is 49.9 Å². The van der Waals surface area contributed by atoms with E-state index in [0.717, 1.165) is 12.8 Å². The average Bonchev–Trinajstić information content (AvgIpc) is 2.67. The van der Waals surface area contributed by atoms with E-state index >= 15 is 0 Å². The Labute approximate surface area is 175 Å². The van der Waals surface area contributed by atoms with Gasteiger partial charge in [0.25, 0.3) is 0 Å². The molecule has 0 spiro atoms. The maximum absolute atomic E-state index is 13.0. The highest BCUT2D eigenvalue weighted by atomic mass is 35.5. The first kappa shape index (κ1) is 20.0. The number of hydrogen-bond donors (Lipinski definition) is 0. The van der Waals surface area contributed by atoms with Crippen LogP contribution in [0.4, 0.5) is 5.69 Å². The fraction of sp³-hybridized carbons (Fsp3) is 0.400. The summed E-state index contributed by atoms with van der Waals surface area (Å²) in [5.41, 5.74) is 3.65. The summed E-state index contributed by atoms with van der Waals surface area (Å²) in [7, 11) is -3.62. The van der Waals surface area contributed by atoms with Crippen LogP contribution in [0.1, 0.15) is 24.0 Å². The van der Waals surface area contributed by atoms with Crippen molar-refractivity contribution in [1.82, 2.24) is 4.31 Å². The number of hydrogen-bond acceptors (Lipinski definition) is 4. The molecule has 4 rings (SSSR count). The van der Waals surface area contributed by atoms with Gasteiger partial charge in [-0.25, -0.2) is 8.42 Å². The summed E-state index contributed by atoms with van der Waals surface area (Å²) < 4.78 is 33.3. The van der Waals surface area contributed by atoms with Crippen LogP contribution in [0.3, 0.4) is 0 Å². The predicted molar refractivity (Wildman–Crippen MR) is 112 cm³/mol. The van der Waals surface area contributed by atoms with Crippen molar-refractivity contribution in [3.8, 4) is 0 Å². The standard InChI is InChI=1S/C20H22Cl2N2O3S/c1-14-3-2-4-15-12-27-13-24(20(14)15)18-5-7-23(8-6-18)28(25,26)19-10-16(21)9-17(22)11-19/h2-4,9-11,18H,5-8,12-13H2,1H3. The third-order valence-corrected chi connectivity index (χ3v) is 7.75. The number of nitrogens with zero attached hydrogens (tertiary/aromatic N) is 2. The fourth-order valence-electron chi connectivity index (χ4n) is 4.07. The number of piperidine rings is 1. The Balaban J connectivity index is 1.52. The third-order valence-electron chi connectivity index (χ3n) is 5.43. The van der Waals surface area contributed by atoms with Gasteiger partial charge in [-0.05, 0) is 43.5 Å². The van der Waals surface area contributed by atoms with E-state index in [9.17, 15) is 8.42 Å². The molecule has 0 amide bonds. The molecular formula is C20H22Cl2N2O3S. The molecule has 2 aliphatic heterocycles. The molecule has 5 nitrogen and oxygen atoms in total. The minimum atomic E-state index is -3.62. The first-order valence-corrected chi connectivity index (χ1v) is 11.4. The highest BCUT2D eigenvalue weighted by molar-refractivity contribution is 7.89. The molecule has 28 heavy (non-hydrogen) atoms. The number of benzene rings is 2. The fourth-order valence-corrected chi connectivity index (χ4v) is 6.27. The molecule has 0 radical (unpaired) electrons. The van der Waals surface area contributed by atoms with Crippen molar-refractivity contribution < 1.29 is 13.2 Å². The van der Waals surface area contributed by atoms with E-state index < -0.39 is 10.0 Å². The van der Waals surface area contributed by atoms with E-state index in [1.54, 1.807) is 0 Å². The highest BCUT2D eigenvalue weighted by Gasteiger charge is 2.34. The molecule has 2 aromatic carbocycles. The number of para-hydroxylation sites is 1. The molecule has 2 aliphatic rings. The lowest BCUT2D eigenvalue weighted by Crippen LogP contribution is -2.48. The van der Waals surface area contributed by atoms with Crippen molar-refractivity contribution >= 4 is 38.9 Å². The maximum Gasteiger partial charge on any atom is 0.243 e.